The van der Waals surface area contributed by atoms with Crippen LogP contribution in [0.15, 0.2) is 48.5 Å². The molecule has 2 aromatic rings. The van der Waals surface area contributed by atoms with Crippen molar-refractivity contribution in [1.29, 1.82) is 0 Å². The summed E-state index contributed by atoms with van der Waals surface area (Å²) in [4.78, 5) is 13.9. The number of methoxy groups -OCH3 is 1. The first-order chi connectivity index (χ1) is 14.0. The number of hydrogen-bond donors (Lipinski definition) is 2. The van der Waals surface area contributed by atoms with Gasteiger partial charge in [-0.25, -0.2) is 0 Å². The largest absolute Gasteiger partial charge is 0.497 e. The molecule has 2 N–H and O–H groups in total. The smallest absolute Gasteiger partial charge is 0.227 e. The third-order valence-electron chi connectivity index (χ3n) is 5.02. The van der Waals surface area contributed by atoms with E-state index in [2.05, 4.69) is 36.6 Å². The Bertz CT molecular complexity index is 851. The predicted octanol–water partition coefficient (Wildman–Crippen LogP) is 4.90. The molecule has 1 aliphatic heterocycles. The molecule has 0 aromatic heterocycles. The second-order valence-corrected chi connectivity index (χ2v) is 8.16. The van der Waals surface area contributed by atoms with Crippen LogP contribution in [0.1, 0.15) is 44.7 Å². The molecule has 0 radical (unpaired) electrons. The van der Waals surface area contributed by atoms with Gasteiger partial charge in [0.25, 0.3) is 0 Å². The maximum absolute atomic E-state index is 12.0. The second kappa shape index (κ2) is 9.74. The number of hydrogen-bond acceptors (Lipinski definition) is 3. The van der Waals surface area contributed by atoms with Crippen molar-refractivity contribution in [2.24, 2.45) is 5.92 Å². The van der Waals surface area contributed by atoms with Crippen LogP contribution in [0.5, 0.6) is 5.75 Å². The molecule has 6 heteroatoms. The minimum Gasteiger partial charge on any atom is -0.497 e. The quantitative estimate of drug-likeness (QED) is 0.635. The lowest BCUT2D eigenvalue weighted by atomic mass is 9.97. The highest BCUT2D eigenvalue weighted by Crippen LogP contribution is 2.26. The van der Waals surface area contributed by atoms with Gasteiger partial charge in [0.2, 0.25) is 5.91 Å². The molecule has 1 saturated heterocycles. The molecule has 1 aliphatic rings. The lowest BCUT2D eigenvalue weighted by Gasteiger charge is -2.24. The number of rotatable bonds is 7. The van der Waals surface area contributed by atoms with Gasteiger partial charge in [0.05, 0.1) is 13.2 Å². The first-order valence-electron chi connectivity index (χ1n) is 10.1. The van der Waals surface area contributed by atoms with Crippen molar-refractivity contribution in [2.75, 3.05) is 23.9 Å². The molecule has 1 fully saturated rings. The molecule has 0 unspecified atom stereocenters. The van der Waals surface area contributed by atoms with Crippen molar-refractivity contribution in [1.82, 2.24) is 5.32 Å². The third-order valence-corrected chi connectivity index (χ3v) is 5.24. The summed E-state index contributed by atoms with van der Waals surface area (Å²) in [6.45, 7) is 5.18. The molecule has 29 heavy (non-hydrogen) atoms. The summed E-state index contributed by atoms with van der Waals surface area (Å²) >= 11 is 5.59. The van der Waals surface area contributed by atoms with Crippen molar-refractivity contribution in [3.05, 3.63) is 54.1 Å². The number of amides is 1. The molecule has 2 aromatic carbocycles. The normalized spacial score (nSPS) is 14.8. The molecule has 1 amide bonds. The van der Waals surface area contributed by atoms with Gasteiger partial charge in [0.15, 0.2) is 5.11 Å². The van der Waals surface area contributed by atoms with Gasteiger partial charge < -0.3 is 20.3 Å². The minimum atomic E-state index is 0.101. The Morgan fingerprint density at radius 3 is 2.59 bits per heavy atom. The third kappa shape index (κ3) is 5.70. The zero-order valence-corrected chi connectivity index (χ0v) is 18.1. The van der Waals surface area contributed by atoms with Gasteiger partial charge in [0.1, 0.15) is 5.75 Å². The van der Waals surface area contributed by atoms with E-state index in [1.54, 1.807) is 7.11 Å². The molecular formula is C23H29N3O2S. The Balaban J connectivity index is 1.68. The summed E-state index contributed by atoms with van der Waals surface area (Å²) in [5.74, 6) is 1.53. The van der Waals surface area contributed by atoms with Crippen LogP contribution in [0.2, 0.25) is 0 Å². The zero-order chi connectivity index (χ0) is 20.8. The highest BCUT2D eigenvalue weighted by Gasteiger charge is 2.22. The van der Waals surface area contributed by atoms with E-state index in [1.165, 1.54) is 5.56 Å². The summed E-state index contributed by atoms with van der Waals surface area (Å²) in [5, 5.41) is 7.29. The Labute approximate surface area is 178 Å². The van der Waals surface area contributed by atoms with E-state index in [9.17, 15) is 4.79 Å². The van der Waals surface area contributed by atoms with E-state index < -0.39 is 0 Å². The fourth-order valence-electron chi connectivity index (χ4n) is 3.58. The molecule has 5 nitrogen and oxygen atoms in total. The number of carbonyl (C=O) groups is 1. The molecule has 154 valence electrons. The number of nitrogens with zero attached hydrogens (tertiary/aromatic N) is 1. The maximum atomic E-state index is 12.0. The molecule has 1 heterocycles. The Kier molecular flexibility index (Phi) is 7.09. The van der Waals surface area contributed by atoms with Crippen LogP contribution in [0.25, 0.3) is 0 Å². The first kappa shape index (κ1) is 21.1. The topological polar surface area (TPSA) is 53.6 Å². The summed E-state index contributed by atoms with van der Waals surface area (Å²) in [5.41, 5.74) is 2.95. The van der Waals surface area contributed by atoms with E-state index in [4.69, 9.17) is 17.0 Å². The van der Waals surface area contributed by atoms with E-state index in [1.807, 2.05) is 41.3 Å². The van der Waals surface area contributed by atoms with E-state index >= 15 is 0 Å². The van der Waals surface area contributed by atoms with Crippen LogP contribution in [-0.2, 0) is 4.79 Å². The monoisotopic (exact) mass is 411 g/mol. The maximum Gasteiger partial charge on any atom is 0.227 e. The van der Waals surface area contributed by atoms with Crippen molar-refractivity contribution in [3.63, 3.8) is 0 Å². The van der Waals surface area contributed by atoms with Crippen molar-refractivity contribution >= 4 is 34.6 Å². The van der Waals surface area contributed by atoms with Crippen LogP contribution in [0.3, 0.4) is 0 Å². The lowest BCUT2D eigenvalue weighted by molar-refractivity contribution is -0.117. The summed E-state index contributed by atoms with van der Waals surface area (Å²) in [7, 11) is 1.67. The predicted molar refractivity (Wildman–Crippen MR) is 123 cm³/mol. The molecule has 3 rings (SSSR count). The van der Waals surface area contributed by atoms with Crippen molar-refractivity contribution < 1.29 is 9.53 Å². The molecule has 0 spiro atoms. The van der Waals surface area contributed by atoms with Gasteiger partial charge in [0, 0.05) is 24.3 Å². The van der Waals surface area contributed by atoms with Gasteiger partial charge >= 0.3 is 0 Å². The zero-order valence-electron chi connectivity index (χ0n) is 17.3. The van der Waals surface area contributed by atoms with Crippen molar-refractivity contribution in [2.45, 2.75) is 39.2 Å². The standard InChI is InChI=1S/C23H29N3O2S/c1-16(2)14-21(17-9-11-20(28-3)12-10-17)25-23(29)24-18-6-4-7-19(15-18)26-13-5-8-22(26)27/h4,6-7,9-12,15-16,21H,5,8,13-14H2,1-3H3,(H2,24,25,29)/t21-/m1/s1. The van der Waals surface area contributed by atoms with Gasteiger partial charge in [-0.15, -0.1) is 0 Å². The van der Waals surface area contributed by atoms with Crippen LogP contribution in [-0.4, -0.2) is 24.7 Å². The van der Waals surface area contributed by atoms with Crippen LogP contribution in [0.4, 0.5) is 11.4 Å². The highest BCUT2D eigenvalue weighted by atomic mass is 32.1. The molecular weight excluding hydrogens is 382 g/mol. The molecule has 0 saturated carbocycles. The van der Waals surface area contributed by atoms with Gasteiger partial charge in [-0.2, -0.15) is 0 Å². The number of benzene rings is 2. The van der Waals surface area contributed by atoms with E-state index in [0.717, 1.165) is 36.5 Å². The average molecular weight is 412 g/mol. The SMILES string of the molecule is COc1ccc([C@@H](CC(C)C)NC(=S)Nc2cccc(N3CCCC3=O)c2)cc1. The average Bonchev–Trinajstić information content (AvgIpc) is 3.13. The Morgan fingerprint density at radius 1 is 1.21 bits per heavy atom. The van der Waals surface area contributed by atoms with Crippen molar-refractivity contribution in [3.8, 4) is 5.75 Å². The van der Waals surface area contributed by atoms with E-state index in [-0.39, 0.29) is 11.9 Å². The number of carbonyl (C=O) groups excluding carboxylic acids is 1. The summed E-state index contributed by atoms with van der Waals surface area (Å²) < 4.78 is 5.26. The van der Waals surface area contributed by atoms with Gasteiger partial charge in [-0.05, 0) is 66.9 Å². The molecule has 1 atom stereocenters. The number of nitrogens with one attached hydrogen (secondary N) is 2. The molecule has 0 bridgehead atoms. The first-order valence-corrected chi connectivity index (χ1v) is 10.5. The Morgan fingerprint density at radius 2 is 1.97 bits per heavy atom. The van der Waals surface area contributed by atoms with Gasteiger partial charge in [-0.3, -0.25) is 4.79 Å². The summed E-state index contributed by atoms with van der Waals surface area (Å²) in [6, 6.07) is 16.0. The lowest BCUT2D eigenvalue weighted by Crippen LogP contribution is -2.33. The van der Waals surface area contributed by atoms with E-state index in [0.29, 0.717) is 17.5 Å². The summed E-state index contributed by atoms with van der Waals surface area (Å²) in [6.07, 6.45) is 2.49. The molecule has 0 aliphatic carbocycles. The number of thiocarbonyl (C=S) groups is 1. The van der Waals surface area contributed by atoms with Gasteiger partial charge in [-0.1, -0.05) is 32.0 Å². The Hall–Kier alpha value is -2.60. The fraction of sp³-hybridized carbons (Fsp3) is 0.391. The highest BCUT2D eigenvalue weighted by molar-refractivity contribution is 7.80. The number of anilines is 2. The second-order valence-electron chi connectivity index (χ2n) is 7.75. The minimum absolute atomic E-state index is 0.101. The van der Waals surface area contributed by atoms with Crippen LogP contribution >= 0.6 is 12.2 Å². The van der Waals surface area contributed by atoms with Crippen LogP contribution < -0.4 is 20.3 Å². The fourth-order valence-corrected chi connectivity index (χ4v) is 3.84. The van der Waals surface area contributed by atoms with Crippen LogP contribution in [0, 0.1) is 5.92 Å². The number of ether oxygens (including phenoxy) is 1.